The van der Waals surface area contributed by atoms with E-state index < -0.39 is 0 Å². The van der Waals surface area contributed by atoms with Crippen LogP contribution in [0.15, 0.2) is 59.1 Å². The van der Waals surface area contributed by atoms with Crippen molar-refractivity contribution in [2.45, 2.75) is 25.7 Å². The van der Waals surface area contributed by atoms with Crippen molar-refractivity contribution in [3.8, 4) is 0 Å². The minimum absolute atomic E-state index is 0.211. The summed E-state index contributed by atoms with van der Waals surface area (Å²) in [5.74, 6) is 0.514. The molecule has 2 rings (SSSR count). The molecule has 0 aliphatic carbocycles. The Bertz CT molecular complexity index is 531. The van der Waals surface area contributed by atoms with Gasteiger partial charge in [-0.2, -0.15) is 0 Å². The summed E-state index contributed by atoms with van der Waals surface area (Å²) in [6, 6.07) is 17.9. The number of rotatable bonds is 5. The highest BCUT2D eigenvalue weighted by molar-refractivity contribution is 9.10. The van der Waals surface area contributed by atoms with Gasteiger partial charge in [-0.25, -0.2) is 0 Å². The molecular formula is C17H17BrO. The maximum Gasteiger partial charge on any atom is 0.163 e. The van der Waals surface area contributed by atoms with Crippen molar-refractivity contribution in [3.63, 3.8) is 0 Å². The molecule has 0 spiro atoms. The molecule has 0 aliphatic heterocycles. The highest BCUT2D eigenvalue weighted by atomic mass is 79.9. The molecule has 0 saturated heterocycles. The van der Waals surface area contributed by atoms with Crippen molar-refractivity contribution in [1.29, 1.82) is 0 Å². The van der Waals surface area contributed by atoms with Gasteiger partial charge in [0, 0.05) is 16.5 Å². The average Bonchev–Trinajstić information content (AvgIpc) is 2.46. The van der Waals surface area contributed by atoms with Crippen LogP contribution in [0.1, 0.15) is 41.6 Å². The fourth-order valence-electron chi connectivity index (χ4n) is 2.20. The number of carbonyl (C=O) groups excluding carboxylic acids is 1. The van der Waals surface area contributed by atoms with Gasteiger partial charge >= 0.3 is 0 Å². The van der Waals surface area contributed by atoms with Gasteiger partial charge in [-0.05, 0) is 30.0 Å². The lowest BCUT2D eigenvalue weighted by Crippen LogP contribution is -2.07. The van der Waals surface area contributed by atoms with E-state index in [9.17, 15) is 4.79 Å². The zero-order chi connectivity index (χ0) is 13.7. The standard InChI is InChI=1S/C17H17BrO/c1-2-13(14-6-4-3-5-7-14)12-17(19)15-8-10-16(18)11-9-15/h3-11,13H,2,12H2,1H3/t13-/m0/s1. The van der Waals surface area contributed by atoms with Crippen molar-refractivity contribution >= 4 is 21.7 Å². The number of benzene rings is 2. The Labute approximate surface area is 122 Å². The lowest BCUT2D eigenvalue weighted by Gasteiger charge is -2.14. The molecule has 0 unspecified atom stereocenters. The summed E-state index contributed by atoms with van der Waals surface area (Å²) in [5, 5.41) is 0. The van der Waals surface area contributed by atoms with Gasteiger partial charge in [0.05, 0.1) is 0 Å². The molecule has 0 N–H and O–H groups in total. The highest BCUT2D eigenvalue weighted by Gasteiger charge is 2.15. The second-order valence-electron chi connectivity index (χ2n) is 4.65. The third-order valence-corrected chi connectivity index (χ3v) is 3.89. The summed E-state index contributed by atoms with van der Waals surface area (Å²) < 4.78 is 0.999. The number of hydrogen-bond acceptors (Lipinski definition) is 1. The van der Waals surface area contributed by atoms with Crippen LogP contribution in [0.3, 0.4) is 0 Å². The van der Waals surface area contributed by atoms with E-state index in [0.29, 0.717) is 12.3 Å². The van der Waals surface area contributed by atoms with Crippen molar-refractivity contribution in [1.82, 2.24) is 0 Å². The summed E-state index contributed by atoms with van der Waals surface area (Å²) in [4.78, 5) is 12.3. The van der Waals surface area contributed by atoms with Crippen molar-refractivity contribution in [2.24, 2.45) is 0 Å². The molecule has 1 nitrogen and oxygen atoms in total. The molecule has 0 fully saturated rings. The van der Waals surface area contributed by atoms with Crippen LogP contribution in [0.2, 0.25) is 0 Å². The monoisotopic (exact) mass is 316 g/mol. The van der Waals surface area contributed by atoms with Crippen LogP contribution >= 0.6 is 15.9 Å². The van der Waals surface area contributed by atoms with E-state index in [-0.39, 0.29) is 5.78 Å². The summed E-state index contributed by atoms with van der Waals surface area (Å²) >= 11 is 3.38. The minimum Gasteiger partial charge on any atom is -0.294 e. The number of ketones is 1. The zero-order valence-corrected chi connectivity index (χ0v) is 12.6. The first-order chi connectivity index (χ1) is 9.20. The van der Waals surface area contributed by atoms with Gasteiger partial charge in [0.2, 0.25) is 0 Å². The summed E-state index contributed by atoms with van der Waals surface area (Å²) in [5.41, 5.74) is 2.04. The van der Waals surface area contributed by atoms with Crippen LogP contribution in [-0.2, 0) is 0 Å². The molecule has 0 amide bonds. The number of carbonyl (C=O) groups is 1. The molecule has 19 heavy (non-hydrogen) atoms. The molecule has 0 aromatic heterocycles. The van der Waals surface area contributed by atoms with Crippen LogP contribution in [0.4, 0.5) is 0 Å². The third-order valence-electron chi connectivity index (χ3n) is 3.36. The lowest BCUT2D eigenvalue weighted by atomic mass is 9.90. The van der Waals surface area contributed by atoms with Gasteiger partial charge in [0.25, 0.3) is 0 Å². The molecule has 98 valence electrons. The molecule has 0 saturated carbocycles. The lowest BCUT2D eigenvalue weighted by molar-refractivity contribution is 0.0973. The van der Waals surface area contributed by atoms with Crippen molar-refractivity contribution < 1.29 is 4.79 Å². The molecule has 2 heteroatoms. The molecule has 2 aromatic carbocycles. The van der Waals surface area contributed by atoms with E-state index in [1.807, 2.05) is 42.5 Å². The van der Waals surface area contributed by atoms with Crippen LogP contribution in [-0.4, -0.2) is 5.78 Å². The molecule has 0 heterocycles. The quantitative estimate of drug-likeness (QED) is 0.691. The smallest absolute Gasteiger partial charge is 0.163 e. The van der Waals surface area contributed by atoms with E-state index in [4.69, 9.17) is 0 Å². The first-order valence-corrected chi connectivity index (χ1v) is 7.33. The fraction of sp³-hybridized carbons (Fsp3) is 0.235. The Balaban J connectivity index is 2.10. The fourth-order valence-corrected chi connectivity index (χ4v) is 2.46. The Kier molecular flexibility index (Phi) is 4.92. The molecule has 0 aliphatic rings. The first kappa shape index (κ1) is 14.0. The van der Waals surface area contributed by atoms with Gasteiger partial charge in [0.1, 0.15) is 0 Å². The number of halogens is 1. The van der Waals surface area contributed by atoms with Gasteiger partial charge in [-0.1, -0.05) is 65.3 Å². The van der Waals surface area contributed by atoms with Gasteiger partial charge < -0.3 is 0 Å². The minimum atomic E-state index is 0.211. The van der Waals surface area contributed by atoms with Gasteiger partial charge in [-0.3, -0.25) is 4.79 Å². The number of hydrogen-bond donors (Lipinski definition) is 0. The summed E-state index contributed by atoms with van der Waals surface area (Å²) in [6.07, 6.45) is 1.55. The van der Waals surface area contributed by atoms with E-state index >= 15 is 0 Å². The highest BCUT2D eigenvalue weighted by Crippen LogP contribution is 2.25. The van der Waals surface area contributed by atoms with Crippen molar-refractivity contribution in [3.05, 3.63) is 70.2 Å². The zero-order valence-electron chi connectivity index (χ0n) is 11.0. The van der Waals surface area contributed by atoms with E-state index in [2.05, 4.69) is 35.0 Å². The topological polar surface area (TPSA) is 17.1 Å². The third kappa shape index (κ3) is 3.77. The van der Waals surface area contributed by atoms with E-state index in [0.717, 1.165) is 16.5 Å². The Morgan fingerprint density at radius 3 is 2.26 bits per heavy atom. The van der Waals surface area contributed by atoms with Crippen LogP contribution < -0.4 is 0 Å². The SMILES string of the molecule is CC[C@@H](CC(=O)c1ccc(Br)cc1)c1ccccc1. The molecule has 0 radical (unpaired) electrons. The predicted octanol–water partition coefficient (Wildman–Crippen LogP) is 5.22. The normalized spacial score (nSPS) is 12.1. The van der Waals surface area contributed by atoms with Crippen LogP contribution in [0, 0.1) is 0 Å². The Morgan fingerprint density at radius 1 is 1.05 bits per heavy atom. The summed E-state index contributed by atoms with van der Waals surface area (Å²) in [7, 11) is 0. The Hall–Kier alpha value is -1.41. The van der Waals surface area contributed by atoms with E-state index in [1.54, 1.807) is 0 Å². The molecule has 0 bridgehead atoms. The Morgan fingerprint density at radius 2 is 1.68 bits per heavy atom. The largest absolute Gasteiger partial charge is 0.294 e. The number of Topliss-reactive ketones (excluding diaryl/α,β-unsaturated/α-hetero) is 1. The van der Waals surface area contributed by atoms with Gasteiger partial charge in [0.15, 0.2) is 5.78 Å². The van der Waals surface area contributed by atoms with Crippen molar-refractivity contribution in [2.75, 3.05) is 0 Å². The molecule has 1 atom stereocenters. The predicted molar refractivity (Wildman–Crippen MR) is 82.6 cm³/mol. The van der Waals surface area contributed by atoms with E-state index in [1.165, 1.54) is 5.56 Å². The molecule has 2 aromatic rings. The van der Waals surface area contributed by atoms with Gasteiger partial charge in [-0.15, -0.1) is 0 Å². The second kappa shape index (κ2) is 6.67. The van der Waals surface area contributed by atoms with Crippen LogP contribution in [0.5, 0.6) is 0 Å². The van der Waals surface area contributed by atoms with Crippen LogP contribution in [0.25, 0.3) is 0 Å². The average molecular weight is 317 g/mol. The maximum absolute atomic E-state index is 12.3. The second-order valence-corrected chi connectivity index (χ2v) is 5.57. The molecular weight excluding hydrogens is 300 g/mol. The maximum atomic E-state index is 12.3. The first-order valence-electron chi connectivity index (χ1n) is 6.54. The summed E-state index contributed by atoms with van der Waals surface area (Å²) in [6.45, 7) is 2.13.